The Morgan fingerprint density at radius 1 is 1.27 bits per heavy atom. The monoisotopic (exact) mass is 226 g/mol. The van der Waals surface area contributed by atoms with E-state index in [0.717, 1.165) is 25.6 Å². The molecule has 1 aromatic carbocycles. The molecule has 15 heavy (non-hydrogen) atoms. The van der Waals surface area contributed by atoms with Gasteiger partial charge >= 0.3 is 0 Å². The van der Waals surface area contributed by atoms with Crippen LogP contribution in [0.3, 0.4) is 0 Å². The highest BCUT2D eigenvalue weighted by Gasteiger charge is 2.01. The SMILES string of the molecule is Cl.c1ccc(CNNC2=NCCN2)cc1. The zero-order valence-corrected chi connectivity index (χ0v) is 9.18. The molecule has 0 radical (unpaired) electrons. The van der Waals surface area contributed by atoms with Gasteiger partial charge in [-0.3, -0.25) is 10.4 Å². The molecule has 3 N–H and O–H groups in total. The van der Waals surface area contributed by atoms with Gasteiger partial charge in [0.05, 0.1) is 6.54 Å². The molecule has 1 heterocycles. The first-order chi connectivity index (χ1) is 6.95. The summed E-state index contributed by atoms with van der Waals surface area (Å²) in [6.07, 6.45) is 0. The second-order valence-corrected chi connectivity index (χ2v) is 3.12. The van der Waals surface area contributed by atoms with Crippen LogP contribution in [0.25, 0.3) is 0 Å². The fraction of sp³-hybridized carbons (Fsp3) is 0.300. The summed E-state index contributed by atoms with van der Waals surface area (Å²) in [6.45, 7) is 2.58. The van der Waals surface area contributed by atoms with Gasteiger partial charge in [0.25, 0.3) is 0 Å². The Morgan fingerprint density at radius 3 is 2.73 bits per heavy atom. The van der Waals surface area contributed by atoms with Gasteiger partial charge in [0, 0.05) is 13.1 Å². The maximum Gasteiger partial charge on any atom is 0.206 e. The van der Waals surface area contributed by atoms with E-state index in [1.807, 2.05) is 18.2 Å². The molecule has 82 valence electrons. The minimum Gasteiger partial charge on any atom is -0.353 e. The second-order valence-electron chi connectivity index (χ2n) is 3.12. The molecule has 0 saturated carbocycles. The molecule has 0 atom stereocenters. The number of hydrogen-bond donors (Lipinski definition) is 3. The van der Waals surface area contributed by atoms with E-state index in [-0.39, 0.29) is 12.4 Å². The standard InChI is InChI=1S/C10H14N4.ClH/c1-2-4-9(5-3-1)8-13-14-10-11-6-7-12-10;/h1-5,13H,6-8H2,(H2,11,12,14);1H. The van der Waals surface area contributed by atoms with E-state index >= 15 is 0 Å². The van der Waals surface area contributed by atoms with Gasteiger partial charge < -0.3 is 5.32 Å². The van der Waals surface area contributed by atoms with Gasteiger partial charge in [0.15, 0.2) is 0 Å². The summed E-state index contributed by atoms with van der Waals surface area (Å²) in [4.78, 5) is 4.20. The fourth-order valence-corrected chi connectivity index (χ4v) is 1.31. The number of nitrogens with one attached hydrogen (secondary N) is 3. The number of hydrazine groups is 1. The molecule has 1 aliphatic rings. The van der Waals surface area contributed by atoms with E-state index in [9.17, 15) is 0 Å². The van der Waals surface area contributed by atoms with Crippen LogP contribution in [0.15, 0.2) is 35.3 Å². The van der Waals surface area contributed by atoms with Crippen LogP contribution < -0.4 is 16.2 Å². The van der Waals surface area contributed by atoms with Gasteiger partial charge in [0.2, 0.25) is 5.96 Å². The summed E-state index contributed by atoms with van der Waals surface area (Å²) in [6, 6.07) is 10.2. The van der Waals surface area contributed by atoms with Crippen LogP contribution in [0, 0.1) is 0 Å². The van der Waals surface area contributed by atoms with Gasteiger partial charge in [-0.1, -0.05) is 30.3 Å². The molecule has 0 saturated heterocycles. The van der Waals surface area contributed by atoms with Gasteiger partial charge in [-0.2, -0.15) is 0 Å². The van der Waals surface area contributed by atoms with Gasteiger partial charge in [0.1, 0.15) is 0 Å². The summed E-state index contributed by atoms with van der Waals surface area (Å²) in [5.41, 5.74) is 7.37. The maximum atomic E-state index is 4.20. The Balaban J connectivity index is 0.00000112. The number of halogens is 1. The number of guanidine groups is 1. The first-order valence-corrected chi connectivity index (χ1v) is 4.76. The van der Waals surface area contributed by atoms with Crippen LogP contribution in [-0.2, 0) is 6.54 Å². The number of nitrogens with zero attached hydrogens (tertiary/aromatic N) is 1. The molecule has 1 aliphatic heterocycles. The Hall–Kier alpha value is -1.26. The summed E-state index contributed by atoms with van der Waals surface area (Å²) >= 11 is 0. The van der Waals surface area contributed by atoms with Crippen LogP contribution in [0.1, 0.15) is 5.56 Å². The minimum atomic E-state index is 0. The number of aliphatic imine (C=N–C) groups is 1. The summed E-state index contributed by atoms with van der Waals surface area (Å²) < 4.78 is 0. The average molecular weight is 227 g/mol. The predicted molar refractivity (Wildman–Crippen MR) is 64.0 cm³/mol. The third kappa shape index (κ3) is 3.77. The molecule has 1 aromatic rings. The van der Waals surface area contributed by atoms with Crippen LogP contribution in [-0.4, -0.2) is 19.0 Å². The Bertz CT molecular complexity index is 312. The van der Waals surface area contributed by atoms with Gasteiger partial charge in [-0.25, -0.2) is 5.43 Å². The molecule has 5 heteroatoms. The van der Waals surface area contributed by atoms with Crippen molar-refractivity contribution in [3.63, 3.8) is 0 Å². The van der Waals surface area contributed by atoms with E-state index in [0.29, 0.717) is 0 Å². The Morgan fingerprint density at radius 2 is 2.07 bits per heavy atom. The summed E-state index contributed by atoms with van der Waals surface area (Å²) in [7, 11) is 0. The van der Waals surface area contributed by atoms with Crippen molar-refractivity contribution in [1.29, 1.82) is 0 Å². The van der Waals surface area contributed by atoms with E-state index in [1.165, 1.54) is 5.56 Å². The van der Waals surface area contributed by atoms with Gasteiger partial charge in [-0.15, -0.1) is 12.4 Å². The molecule has 0 bridgehead atoms. The molecule has 2 rings (SSSR count). The highest BCUT2D eigenvalue weighted by atomic mass is 35.5. The Kier molecular flexibility index (Phi) is 4.93. The summed E-state index contributed by atoms with van der Waals surface area (Å²) in [5.74, 6) is 0.834. The van der Waals surface area contributed by atoms with Crippen LogP contribution in [0.5, 0.6) is 0 Å². The fourth-order valence-electron chi connectivity index (χ4n) is 1.31. The molecule has 0 spiro atoms. The number of benzene rings is 1. The number of rotatable bonds is 3. The van der Waals surface area contributed by atoms with Crippen molar-refractivity contribution in [2.75, 3.05) is 13.1 Å². The van der Waals surface area contributed by atoms with Crippen molar-refractivity contribution >= 4 is 18.4 Å². The van der Waals surface area contributed by atoms with E-state index in [1.54, 1.807) is 0 Å². The molecule has 0 aliphatic carbocycles. The van der Waals surface area contributed by atoms with Crippen LogP contribution >= 0.6 is 12.4 Å². The van der Waals surface area contributed by atoms with Crippen molar-refractivity contribution in [3.8, 4) is 0 Å². The van der Waals surface area contributed by atoms with Gasteiger partial charge in [-0.05, 0) is 5.56 Å². The van der Waals surface area contributed by atoms with Crippen LogP contribution in [0.2, 0.25) is 0 Å². The highest BCUT2D eigenvalue weighted by molar-refractivity contribution is 5.85. The van der Waals surface area contributed by atoms with Crippen molar-refractivity contribution in [2.45, 2.75) is 6.54 Å². The zero-order chi connectivity index (χ0) is 9.64. The van der Waals surface area contributed by atoms with E-state index in [4.69, 9.17) is 0 Å². The molecular weight excluding hydrogens is 212 g/mol. The first-order valence-electron chi connectivity index (χ1n) is 4.76. The molecule has 0 amide bonds. The zero-order valence-electron chi connectivity index (χ0n) is 8.36. The smallest absolute Gasteiger partial charge is 0.206 e. The minimum absolute atomic E-state index is 0. The number of hydrogen-bond acceptors (Lipinski definition) is 4. The predicted octanol–water partition coefficient (Wildman–Crippen LogP) is 0.662. The molecule has 0 aromatic heterocycles. The van der Waals surface area contributed by atoms with Crippen molar-refractivity contribution < 1.29 is 0 Å². The largest absolute Gasteiger partial charge is 0.353 e. The lowest BCUT2D eigenvalue weighted by atomic mass is 10.2. The second kappa shape index (κ2) is 6.27. The topological polar surface area (TPSA) is 48.5 Å². The maximum absolute atomic E-state index is 4.20. The van der Waals surface area contributed by atoms with E-state index < -0.39 is 0 Å². The first kappa shape index (κ1) is 11.8. The lowest BCUT2D eigenvalue weighted by Crippen LogP contribution is -2.42. The quantitative estimate of drug-likeness (QED) is 0.664. The van der Waals surface area contributed by atoms with Crippen molar-refractivity contribution in [1.82, 2.24) is 16.2 Å². The van der Waals surface area contributed by atoms with Crippen molar-refractivity contribution in [3.05, 3.63) is 35.9 Å². The third-order valence-corrected chi connectivity index (χ3v) is 2.02. The lowest BCUT2D eigenvalue weighted by molar-refractivity contribution is 0.642. The molecule has 0 fully saturated rings. The van der Waals surface area contributed by atoms with Crippen molar-refractivity contribution in [2.24, 2.45) is 4.99 Å². The Labute approximate surface area is 95.6 Å². The normalized spacial score (nSPS) is 13.7. The van der Waals surface area contributed by atoms with E-state index in [2.05, 4.69) is 33.3 Å². The molecule has 4 nitrogen and oxygen atoms in total. The molecular formula is C10H15ClN4. The highest BCUT2D eigenvalue weighted by Crippen LogP contribution is 1.96. The third-order valence-electron chi connectivity index (χ3n) is 2.02. The van der Waals surface area contributed by atoms with Crippen LogP contribution in [0.4, 0.5) is 0 Å². The molecule has 0 unspecified atom stereocenters. The lowest BCUT2D eigenvalue weighted by Gasteiger charge is -2.07. The average Bonchev–Trinajstić information content (AvgIpc) is 2.72. The summed E-state index contributed by atoms with van der Waals surface area (Å²) in [5, 5.41) is 3.12.